The van der Waals surface area contributed by atoms with Crippen LogP contribution in [-0.4, -0.2) is 66.5 Å². The maximum absolute atomic E-state index is 12.6. The molecule has 1 aliphatic carbocycles. The molecular formula is C23H26N2O6S. The molecule has 9 heteroatoms. The summed E-state index contributed by atoms with van der Waals surface area (Å²) in [4.78, 5) is 40.7. The zero-order valence-electron chi connectivity index (χ0n) is 17.9. The van der Waals surface area contributed by atoms with Gasteiger partial charge >= 0.3 is 12.1 Å². The largest absolute Gasteiger partial charge is 0.479 e. The number of carbonyl (C=O) groups excluding carboxylic acids is 2. The lowest BCUT2D eigenvalue weighted by Crippen LogP contribution is -2.48. The van der Waals surface area contributed by atoms with Crippen LogP contribution in [0.4, 0.5) is 4.79 Å². The molecule has 0 saturated carbocycles. The van der Waals surface area contributed by atoms with Gasteiger partial charge in [-0.05, 0) is 40.7 Å². The molecule has 1 aliphatic rings. The number of benzene rings is 2. The van der Waals surface area contributed by atoms with E-state index < -0.39 is 30.6 Å². The van der Waals surface area contributed by atoms with Gasteiger partial charge in [0.2, 0.25) is 0 Å². The van der Waals surface area contributed by atoms with E-state index in [-0.39, 0.29) is 12.5 Å². The van der Waals surface area contributed by atoms with Gasteiger partial charge in [0.15, 0.2) is 6.61 Å². The standard InChI is InChI=1S/C23H26N2O6S/c1-25(31-14-21(26)27)22(28)20(11-12-32-2)24-23(29)30-13-19-17-9-5-3-7-15(17)16-8-4-6-10-18(16)19/h3-10,19-20H,11-14H2,1-2H3,(H,24,29)(H,26,27)/t20-/m1/s1. The van der Waals surface area contributed by atoms with Crippen LogP contribution in [-0.2, 0) is 19.2 Å². The topological polar surface area (TPSA) is 105 Å². The molecule has 8 nitrogen and oxygen atoms in total. The molecule has 2 aromatic rings. The van der Waals surface area contributed by atoms with Crippen LogP contribution in [0.1, 0.15) is 23.5 Å². The number of carboxylic acid groups (broad SMARTS) is 1. The summed E-state index contributed by atoms with van der Waals surface area (Å²) in [6.45, 7) is -0.517. The van der Waals surface area contributed by atoms with Crippen molar-refractivity contribution < 1.29 is 29.1 Å². The maximum atomic E-state index is 12.6. The smallest absolute Gasteiger partial charge is 0.407 e. The van der Waals surface area contributed by atoms with Crippen LogP contribution in [0.5, 0.6) is 0 Å². The lowest BCUT2D eigenvalue weighted by Gasteiger charge is -2.23. The lowest BCUT2D eigenvalue weighted by atomic mass is 9.98. The molecule has 0 aromatic heterocycles. The monoisotopic (exact) mass is 458 g/mol. The van der Waals surface area contributed by atoms with Gasteiger partial charge in [0, 0.05) is 13.0 Å². The predicted octanol–water partition coefficient (Wildman–Crippen LogP) is 3.12. The van der Waals surface area contributed by atoms with Crippen molar-refractivity contribution in [1.29, 1.82) is 0 Å². The summed E-state index contributed by atoms with van der Waals surface area (Å²) in [6.07, 6.45) is 1.53. The number of carbonyl (C=O) groups is 3. The van der Waals surface area contributed by atoms with Crippen LogP contribution in [0.15, 0.2) is 48.5 Å². The maximum Gasteiger partial charge on any atom is 0.407 e. The molecule has 0 radical (unpaired) electrons. The summed E-state index contributed by atoms with van der Waals surface area (Å²) in [5.74, 6) is -1.22. The minimum atomic E-state index is -1.20. The van der Waals surface area contributed by atoms with Crippen LogP contribution in [0, 0.1) is 0 Å². The number of nitrogens with zero attached hydrogens (tertiary/aromatic N) is 1. The number of thioether (sulfide) groups is 1. The highest BCUT2D eigenvalue weighted by Gasteiger charge is 2.30. The molecule has 0 heterocycles. The highest BCUT2D eigenvalue weighted by Crippen LogP contribution is 2.44. The van der Waals surface area contributed by atoms with Crippen molar-refractivity contribution in [3.8, 4) is 11.1 Å². The number of alkyl carbamates (subject to hydrolysis) is 1. The molecule has 3 rings (SSSR count). The van der Waals surface area contributed by atoms with E-state index in [2.05, 4.69) is 17.4 Å². The van der Waals surface area contributed by atoms with Gasteiger partial charge in [0.05, 0.1) is 0 Å². The first-order valence-corrected chi connectivity index (χ1v) is 11.5. The van der Waals surface area contributed by atoms with Gasteiger partial charge in [-0.15, -0.1) is 0 Å². The Hall–Kier alpha value is -3.04. The third kappa shape index (κ3) is 5.60. The van der Waals surface area contributed by atoms with Gasteiger partial charge in [-0.2, -0.15) is 11.8 Å². The fourth-order valence-electron chi connectivity index (χ4n) is 3.71. The zero-order chi connectivity index (χ0) is 23.1. The SMILES string of the molecule is CSCC[C@@H](NC(=O)OCC1c2ccccc2-c2ccccc21)C(=O)N(C)OCC(=O)O. The van der Waals surface area contributed by atoms with Crippen molar-refractivity contribution >= 4 is 29.7 Å². The Morgan fingerprint density at radius 2 is 1.69 bits per heavy atom. The van der Waals surface area contributed by atoms with Gasteiger partial charge in [0.1, 0.15) is 12.6 Å². The fourth-order valence-corrected chi connectivity index (χ4v) is 4.18. The third-order valence-corrected chi connectivity index (χ3v) is 5.88. The minimum Gasteiger partial charge on any atom is -0.479 e. The first-order chi connectivity index (χ1) is 15.4. The number of ether oxygens (including phenoxy) is 1. The zero-order valence-corrected chi connectivity index (χ0v) is 18.8. The molecule has 2 aromatic carbocycles. The summed E-state index contributed by atoms with van der Waals surface area (Å²) in [5, 5.41) is 12.2. The Morgan fingerprint density at radius 1 is 1.09 bits per heavy atom. The average Bonchev–Trinajstić information content (AvgIpc) is 3.12. The number of hydroxylamine groups is 2. The second-order valence-electron chi connectivity index (χ2n) is 7.31. The van der Waals surface area contributed by atoms with Crippen molar-refractivity contribution in [3.63, 3.8) is 0 Å². The van der Waals surface area contributed by atoms with Crippen LogP contribution in [0.2, 0.25) is 0 Å². The van der Waals surface area contributed by atoms with Gasteiger partial charge in [-0.25, -0.2) is 14.7 Å². The molecule has 0 bridgehead atoms. The van der Waals surface area contributed by atoms with Crippen molar-refractivity contribution in [2.75, 3.05) is 32.3 Å². The summed E-state index contributed by atoms with van der Waals surface area (Å²) >= 11 is 1.52. The van der Waals surface area contributed by atoms with E-state index in [1.54, 1.807) is 0 Å². The van der Waals surface area contributed by atoms with Crippen molar-refractivity contribution in [1.82, 2.24) is 10.4 Å². The summed E-state index contributed by atoms with van der Waals surface area (Å²) in [5.41, 5.74) is 4.45. The first kappa shape index (κ1) is 23.6. The second kappa shape index (κ2) is 11.0. The van der Waals surface area contributed by atoms with Gasteiger partial charge in [-0.3, -0.25) is 9.63 Å². The lowest BCUT2D eigenvalue weighted by molar-refractivity contribution is -0.187. The number of fused-ring (bicyclic) bond motifs is 3. The molecule has 2 amide bonds. The number of amides is 2. The molecule has 0 fully saturated rings. The Kier molecular flexibility index (Phi) is 8.13. The number of likely N-dealkylation sites (N-methyl/N-ethyl adjacent to an activating group) is 1. The van der Waals surface area contributed by atoms with Gasteiger partial charge in [0.25, 0.3) is 5.91 Å². The van der Waals surface area contributed by atoms with E-state index >= 15 is 0 Å². The molecule has 0 saturated heterocycles. The Bertz CT molecular complexity index is 937. The Labute approximate surface area is 190 Å². The highest BCUT2D eigenvalue weighted by atomic mass is 32.2. The van der Waals surface area contributed by atoms with Crippen molar-refractivity contribution in [2.24, 2.45) is 0 Å². The molecule has 0 spiro atoms. The number of rotatable bonds is 10. The average molecular weight is 459 g/mol. The molecular weight excluding hydrogens is 432 g/mol. The summed E-state index contributed by atoms with van der Waals surface area (Å²) in [6, 6.07) is 15.2. The van der Waals surface area contributed by atoms with E-state index in [1.807, 2.05) is 42.7 Å². The van der Waals surface area contributed by atoms with Crippen LogP contribution in [0.3, 0.4) is 0 Å². The van der Waals surface area contributed by atoms with Crippen molar-refractivity contribution in [2.45, 2.75) is 18.4 Å². The van der Waals surface area contributed by atoms with E-state index in [0.29, 0.717) is 12.2 Å². The number of nitrogens with one attached hydrogen (secondary N) is 1. The van der Waals surface area contributed by atoms with Crippen LogP contribution < -0.4 is 5.32 Å². The molecule has 32 heavy (non-hydrogen) atoms. The molecule has 170 valence electrons. The van der Waals surface area contributed by atoms with Gasteiger partial charge < -0.3 is 15.2 Å². The quantitative estimate of drug-likeness (QED) is 0.527. The van der Waals surface area contributed by atoms with E-state index in [0.717, 1.165) is 27.3 Å². The second-order valence-corrected chi connectivity index (χ2v) is 8.29. The van der Waals surface area contributed by atoms with E-state index in [9.17, 15) is 14.4 Å². The normalized spacial score (nSPS) is 13.1. The molecule has 2 N–H and O–H groups in total. The Balaban J connectivity index is 1.64. The van der Waals surface area contributed by atoms with E-state index in [4.69, 9.17) is 14.7 Å². The summed E-state index contributed by atoms with van der Waals surface area (Å²) in [7, 11) is 1.32. The molecule has 1 atom stereocenters. The minimum absolute atomic E-state index is 0.0879. The van der Waals surface area contributed by atoms with Crippen LogP contribution in [0.25, 0.3) is 11.1 Å². The van der Waals surface area contributed by atoms with Crippen molar-refractivity contribution in [3.05, 3.63) is 59.7 Å². The molecule has 0 unspecified atom stereocenters. The van der Waals surface area contributed by atoms with Crippen LogP contribution >= 0.6 is 11.8 Å². The summed E-state index contributed by atoms with van der Waals surface area (Å²) < 4.78 is 5.52. The van der Waals surface area contributed by atoms with E-state index in [1.165, 1.54) is 18.8 Å². The number of aliphatic carboxylic acids is 1. The van der Waals surface area contributed by atoms with Gasteiger partial charge in [-0.1, -0.05) is 48.5 Å². The number of carboxylic acids is 1. The predicted molar refractivity (Wildman–Crippen MR) is 121 cm³/mol. The first-order valence-electron chi connectivity index (χ1n) is 10.1. The number of hydrogen-bond donors (Lipinski definition) is 2. The fraction of sp³-hybridized carbons (Fsp3) is 0.348. The number of hydrogen-bond acceptors (Lipinski definition) is 6. The molecule has 0 aliphatic heterocycles. The third-order valence-electron chi connectivity index (χ3n) is 5.24. The highest BCUT2D eigenvalue weighted by molar-refractivity contribution is 7.98. The Morgan fingerprint density at radius 3 is 2.25 bits per heavy atom.